The molecule has 0 aliphatic carbocycles. The number of alkyl halides is 3. The number of urea groups is 1. The van der Waals surface area contributed by atoms with Crippen LogP contribution < -0.4 is 10.1 Å². The number of carbonyl (C=O) groups excluding carboxylic acids is 2. The molecule has 0 saturated carbocycles. The van der Waals surface area contributed by atoms with Gasteiger partial charge < -0.3 is 24.4 Å². The Morgan fingerprint density at radius 3 is 2.68 bits per heavy atom. The van der Waals surface area contributed by atoms with Crippen LogP contribution in [0.4, 0.5) is 23.7 Å². The number of aromatic nitrogens is 1. The summed E-state index contributed by atoms with van der Waals surface area (Å²) in [5.74, 6) is -0.901. The van der Waals surface area contributed by atoms with Crippen LogP contribution in [0.1, 0.15) is 5.69 Å². The lowest BCUT2D eigenvalue weighted by Gasteiger charge is -2.31. The van der Waals surface area contributed by atoms with Gasteiger partial charge in [0.2, 0.25) is 5.88 Å². The first-order valence-electron chi connectivity index (χ1n) is 7.14. The van der Waals surface area contributed by atoms with Gasteiger partial charge in [-0.1, -0.05) is 0 Å². The second kappa shape index (κ2) is 7.55. The van der Waals surface area contributed by atoms with E-state index in [-0.39, 0.29) is 25.6 Å². The third kappa shape index (κ3) is 4.50. The van der Waals surface area contributed by atoms with Crippen LogP contribution in [0.5, 0.6) is 5.88 Å². The molecule has 25 heavy (non-hydrogen) atoms. The smallest absolute Gasteiger partial charge is 0.435 e. The van der Waals surface area contributed by atoms with Crippen molar-refractivity contribution in [1.82, 2.24) is 9.88 Å². The number of carbonyl (C=O) groups is 2. The zero-order valence-electron chi connectivity index (χ0n) is 13.4. The van der Waals surface area contributed by atoms with Crippen molar-refractivity contribution >= 4 is 17.7 Å². The highest BCUT2D eigenvalue weighted by Gasteiger charge is 2.37. The van der Waals surface area contributed by atoms with Crippen LogP contribution >= 0.6 is 0 Å². The summed E-state index contributed by atoms with van der Waals surface area (Å²) in [5.41, 5.74) is -1.79. The van der Waals surface area contributed by atoms with E-state index in [0.29, 0.717) is 0 Å². The minimum absolute atomic E-state index is 0.0557. The summed E-state index contributed by atoms with van der Waals surface area (Å²) < 4.78 is 53.7. The minimum Gasteiger partial charge on any atom is -0.481 e. The third-order valence-corrected chi connectivity index (χ3v) is 3.41. The van der Waals surface area contributed by atoms with E-state index in [0.717, 1.165) is 11.0 Å². The molecule has 1 aliphatic heterocycles. The molecule has 1 N–H and O–H groups in total. The minimum atomic E-state index is -4.78. The lowest BCUT2D eigenvalue weighted by Crippen LogP contribution is -2.50. The van der Waals surface area contributed by atoms with Gasteiger partial charge in [0.25, 0.3) is 0 Å². The van der Waals surface area contributed by atoms with Gasteiger partial charge in [-0.25, -0.2) is 14.6 Å². The first kappa shape index (κ1) is 18.8. The van der Waals surface area contributed by atoms with E-state index in [1.54, 1.807) is 0 Å². The summed E-state index contributed by atoms with van der Waals surface area (Å²) >= 11 is 0. The Labute approximate surface area is 140 Å². The van der Waals surface area contributed by atoms with Gasteiger partial charge in [0, 0.05) is 12.6 Å². The molecule has 0 radical (unpaired) electrons. The first-order valence-corrected chi connectivity index (χ1v) is 7.14. The number of amides is 2. The molecular weight excluding hydrogens is 347 g/mol. The number of nitrogens with one attached hydrogen (secondary N) is 1. The Bertz CT molecular complexity index is 653. The molecule has 0 spiro atoms. The van der Waals surface area contributed by atoms with Crippen LogP contribution in [-0.4, -0.2) is 61.9 Å². The van der Waals surface area contributed by atoms with Gasteiger partial charge in [-0.3, -0.25) is 0 Å². The number of anilines is 1. The van der Waals surface area contributed by atoms with E-state index in [1.165, 1.54) is 20.3 Å². The first-order chi connectivity index (χ1) is 11.8. The van der Waals surface area contributed by atoms with E-state index in [2.05, 4.69) is 19.8 Å². The predicted molar refractivity (Wildman–Crippen MR) is 78.1 cm³/mol. The number of morpholine rings is 1. The van der Waals surface area contributed by atoms with Crippen molar-refractivity contribution in [3.05, 3.63) is 17.8 Å². The highest BCUT2D eigenvalue weighted by atomic mass is 19.4. The van der Waals surface area contributed by atoms with Gasteiger partial charge in [-0.2, -0.15) is 13.2 Å². The topological polar surface area (TPSA) is 90.0 Å². The Morgan fingerprint density at radius 1 is 1.36 bits per heavy atom. The number of pyridine rings is 1. The Balaban J connectivity index is 2.16. The van der Waals surface area contributed by atoms with Gasteiger partial charge in [0.1, 0.15) is 0 Å². The summed E-state index contributed by atoms with van der Waals surface area (Å²) in [5, 5.41) is 2.16. The van der Waals surface area contributed by atoms with Crippen molar-refractivity contribution in [1.29, 1.82) is 0 Å². The molecule has 0 aromatic carbocycles. The Kier molecular flexibility index (Phi) is 5.67. The number of halogens is 3. The molecule has 1 unspecified atom stereocenters. The maximum absolute atomic E-state index is 13.1. The van der Waals surface area contributed by atoms with E-state index in [1.807, 2.05) is 0 Å². The van der Waals surface area contributed by atoms with E-state index in [9.17, 15) is 22.8 Å². The highest BCUT2D eigenvalue weighted by Crippen LogP contribution is 2.34. The normalized spacial score (nSPS) is 17.8. The van der Waals surface area contributed by atoms with Crippen molar-refractivity contribution in [3.63, 3.8) is 0 Å². The quantitative estimate of drug-likeness (QED) is 0.819. The van der Waals surface area contributed by atoms with Gasteiger partial charge in [-0.05, 0) is 6.07 Å². The van der Waals surface area contributed by atoms with E-state index in [4.69, 9.17) is 4.74 Å². The summed E-state index contributed by atoms with van der Waals surface area (Å²) in [6.07, 6.45) is -5.77. The van der Waals surface area contributed by atoms with Crippen LogP contribution in [0.15, 0.2) is 12.1 Å². The molecule has 1 aliphatic rings. The predicted octanol–water partition coefficient (Wildman–Crippen LogP) is 1.51. The molecule has 2 rings (SSSR count). The summed E-state index contributed by atoms with van der Waals surface area (Å²) in [6, 6.07) is 1.43. The van der Waals surface area contributed by atoms with E-state index >= 15 is 0 Å². The zero-order valence-corrected chi connectivity index (χ0v) is 13.4. The average Bonchev–Trinajstić information content (AvgIpc) is 2.60. The molecule has 1 atom stereocenters. The highest BCUT2D eigenvalue weighted by molar-refractivity contribution is 5.90. The molecule has 2 amide bonds. The fraction of sp³-hybridized carbons (Fsp3) is 0.500. The molecule has 138 valence electrons. The molecule has 1 fully saturated rings. The summed E-state index contributed by atoms with van der Waals surface area (Å²) in [6.45, 7) is 0.0356. The fourth-order valence-electron chi connectivity index (χ4n) is 2.17. The molecule has 1 saturated heterocycles. The number of hydrogen-bond donors (Lipinski definition) is 1. The average molecular weight is 363 g/mol. The number of esters is 1. The molecule has 1 aromatic rings. The van der Waals surface area contributed by atoms with Crippen molar-refractivity contribution in [2.45, 2.75) is 12.3 Å². The van der Waals surface area contributed by atoms with Crippen molar-refractivity contribution in [2.24, 2.45) is 0 Å². The summed E-state index contributed by atoms with van der Waals surface area (Å²) in [4.78, 5) is 28.2. The molecular formula is C14H16F3N3O5. The standard InChI is InChI=1S/C14H16F3N3O5/c1-23-10-4-3-8(11(19-10)14(15,16)17)18-13(22)20-5-6-25-9(7-20)12(21)24-2/h3-4,9H,5-7H2,1-2H3,(H,18,22). The molecule has 0 bridgehead atoms. The molecule has 8 nitrogen and oxygen atoms in total. The maximum atomic E-state index is 13.1. The number of rotatable bonds is 3. The zero-order chi connectivity index (χ0) is 18.6. The number of methoxy groups -OCH3 is 2. The molecule has 1 aromatic heterocycles. The monoisotopic (exact) mass is 363 g/mol. The van der Waals surface area contributed by atoms with Crippen LogP contribution in [0.25, 0.3) is 0 Å². The van der Waals surface area contributed by atoms with Crippen LogP contribution in [0.3, 0.4) is 0 Å². The van der Waals surface area contributed by atoms with E-state index < -0.39 is 35.7 Å². The van der Waals surface area contributed by atoms with Crippen LogP contribution in [0.2, 0.25) is 0 Å². The van der Waals surface area contributed by atoms with Crippen molar-refractivity contribution in [3.8, 4) is 5.88 Å². The number of nitrogens with zero attached hydrogens (tertiary/aromatic N) is 2. The van der Waals surface area contributed by atoms with Crippen LogP contribution in [0, 0.1) is 0 Å². The van der Waals surface area contributed by atoms with Crippen LogP contribution in [-0.2, 0) is 20.4 Å². The molecule has 2 heterocycles. The lowest BCUT2D eigenvalue weighted by molar-refractivity contribution is -0.158. The Hall–Kier alpha value is -2.56. The largest absolute Gasteiger partial charge is 0.481 e. The van der Waals surface area contributed by atoms with Crippen molar-refractivity contribution < 1.29 is 37.0 Å². The van der Waals surface area contributed by atoms with Crippen molar-refractivity contribution in [2.75, 3.05) is 39.2 Å². The fourth-order valence-corrected chi connectivity index (χ4v) is 2.17. The lowest BCUT2D eigenvalue weighted by atomic mass is 10.2. The van der Waals surface area contributed by atoms with Gasteiger partial charge in [-0.15, -0.1) is 0 Å². The second-order valence-corrected chi connectivity index (χ2v) is 5.01. The van der Waals surface area contributed by atoms with Gasteiger partial charge in [0.05, 0.1) is 33.1 Å². The number of ether oxygens (including phenoxy) is 3. The van der Waals surface area contributed by atoms with Gasteiger partial charge in [0.15, 0.2) is 11.8 Å². The third-order valence-electron chi connectivity index (χ3n) is 3.41. The summed E-state index contributed by atoms with van der Waals surface area (Å²) in [7, 11) is 2.35. The number of hydrogen-bond acceptors (Lipinski definition) is 6. The molecule has 11 heteroatoms. The Morgan fingerprint density at radius 2 is 2.08 bits per heavy atom. The maximum Gasteiger partial charge on any atom is 0.435 e. The van der Waals surface area contributed by atoms with Gasteiger partial charge >= 0.3 is 18.2 Å². The SMILES string of the molecule is COC(=O)C1CN(C(=O)Nc2ccc(OC)nc2C(F)(F)F)CCO1. The second-order valence-electron chi connectivity index (χ2n) is 5.01.